The van der Waals surface area contributed by atoms with Crippen molar-refractivity contribution in [2.45, 2.75) is 19.0 Å². The molecule has 0 unspecified atom stereocenters. The summed E-state index contributed by atoms with van der Waals surface area (Å²) in [4.78, 5) is 11.4. The summed E-state index contributed by atoms with van der Waals surface area (Å²) in [6, 6.07) is 6.10. The van der Waals surface area contributed by atoms with E-state index in [-0.39, 0.29) is 37.7 Å². The molecule has 3 nitrogen and oxygen atoms in total. The third-order valence-electron chi connectivity index (χ3n) is 2.41. The molecule has 1 rings (SSSR count). The lowest BCUT2D eigenvalue weighted by Gasteiger charge is -2.08. The zero-order chi connectivity index (χ0) is 15.0. The lowest BCUT2D eigenvalue weighted by Crippen LogP contribution is -2.29. The van der Waals surface area contributed by atoms with Gasteiger partial charge >= 0.3 is 6.18 Å². The van der Waals surface area contributed by atoms with Crippen molar-refractivity contribution in [3.8, 4) is 0 Å². The molecule has 0 heterocycles. The normalized spacial score (nSPS) is 11.4. The number of benzene rings is 1. The van der Waals surface area contributed by atoms with Crippen molar-refractivity contribution >= 4 is 5.91 Å². The van der Waals surface area contributed by atoms with Crippen LogP contribution < -0.4 is 5.32 Å². The largest absolute Gasteiger partial charge is 0.411 e. The number of carbonyl (C=O) groups is 1. The van der Waals surface area contributed by atoms with E-state index in [4.69, 9.17) is 0 Å². The highest BCUT2D eigenvalue weighted by Crippen LogP contribution is 2.14. The smallest absolute Gasteiger partial charge is 0.370 e. The summed E-state index contributed by atoms with van der Waals surface area (Å²) >= 11 is 0. The fourth-order valence-electron chi connectivity index (χ4n) is 1.49. The van der Waals surface area contributed by atoms with E-state index in [0.717, 1.165) is 0 Å². The highest BCUT2D eigenvalue weighted by molar-refractivity contribution is 5.76. The summed E-state index contributed by atoms with van der Waals surface area (Å²) in [6.07, 6.45) is -4.06. The quantitative estimate of drug-likeness (QED) is 0.619. The van der Waals surface area contributed by atoms with Crippen molar-refractivity contribution in [2.75, 3.05) is 19.8 Å². The SMILES string of the molecule is O=C(CCc1ccccc1F)NCCOCC(F)(F)F. The summed E-state index contributed by atoms with van der Waals surface area (Å²) in [5.74, 6) is -0.738. The molecule has 0 aliphatic heterocycles. The molecule has 0 spiro atoms. The molecular weight excluding hydrogens is 278 g/mol. The summed E-state index contributed by atoms with van der Waals surface area (Å²) in [5.41, 5.74) is 0.427. The second-order valence-electron chi connectivity index (χ2n) is 4.11. The molecular formula is C13H15F4NO2. The van der Waals surface area contributed by atoms with Crippen LogP contribution in [0.5, 0.6) is 0 Å². The number of rotatable bonds is 7. The van der Waals surface area contributed by atoms with Crippen LogP contribution >= 0.6 is 0 Å². The fraction of sp³-hybridized carbons (Fsp3) is 0.462. The number of aryl methyl sites for hydroxylation is 1. The summed E-state index contributed by atoms with van der Waals surface area (Å²) in [7, 11) is 0. The second kappa shape index (κ2) is 7.84. The van der Waals surface area contributed by atoms with Crippen LogP contribution in [0, 0.1) is 5.82 Å². The average Bonchev–Trinajstić information content (AvgIpc) is 2.36. The van der Waals surface area contributed by atoms with E-state index in [1.54, 1.807) is 18.2 Å². The summed E-state index contributed by atoms with van der Waals surface area (Å²) < 4.78 is 52.8. The molecule has 1 aromatic rings. The molecule has 112 valence electrons. The highest BCUT2D eigenvalue weighted by Gasteiger charge is 2.27. The van der Waals surface area contributed by atoms with Crippen LogP contribution in [0.2, 0.25) is 0 Å². The predicted molar refractivity (Wildman–Crippen MR) is 64.6 cm³/mol. The maximum Gasteiger partial charge on any atom is 0.411 e. The van der Waals surface area contributed by atoms with Crippen LogP contribution in [-0.2, 0) is 16.0 Å². The van der Waals surface area contributed by atoms with Gasteiger partial charge in [0, 0.05) is 13.0 Å². The van der Waals surface area contributed by atoms with E-state index in [2.05, 4.69) is 10.1 Å². The number of hydrogen-bond donors (Lipinski definition) is 1. The Balaban J connectivity index is 2.14. The Bertz CT molecular complexity index is 435. The number of hydrogen-bond acceptors (Lipinski definition) is 2. The summed E-state index contributed by atoms with van der Waals surface area (Å²) in [5, 5.41) is 2.40. The molecule has 0 atom stereocenters. The van der Waals surface area contributed by atoms with E-state index in [1.165, 1.54) is 6.07 Å². The topological polar surface area (TPSA) is 38.3 Å². The molecule has 1 amide bonds. The molecule has 0 radical (unpaired) electrons. The molecule has 0 fully saturated rings. The van der Waals surface area contributed by atoms with E-state index in [9.17, 15) is 22.4 Å². The van der Waals surface area contributed by atoms with Gasteiger partial charge in [0.25, 0.3) is 0 Å². The molecule has 0 aliphatic carbocycles. The van der Waals surface area contributed by atoms with E-state index in [0.29, 0.717) is 5.56 Å². The van der Waals surface area contributed by atoms with Crippen molar-refractivity contribution in [1.29, 1.82) is 0 Å². The molecule has 7 heteroatoms. The minimum Gasteiger partial charge on any atom is -0.370 e. The first kappa shape index (κ1) is 16.4. The molecule has 0 saturated heterocycles. The van der Waals surface area contributed by atoms with Gasteiger partial charge in [-0.3, -0.25) is 4.79 Å². The van der Waals surface area contributed by atoms with Gasteiger partial charge in [0.05, 0.1) is 6.61 Å². The minimum absolute atomic E-state index is 0.00775. The van der Waals surface area contributed by atoms with Crippen LogP contribution in [0.4, 0.5) is 17.6 Å². The second-order valence-corrected chi connectivity index (χ2v) is 4.11. The first-order valence-corrected chi connectivity index (χ1v) is 6.03. The Morgan fingerprint density at radius 2 is 1.95 bits per heavy atom. The molecule has 1 N–H and O–H groups in total. The average molecular weight is 293 g/mol. The van der Waals surface area contributed by atoms with Crippen molar-refractivity contribution < 1.29 is 27.1 Å². The Morgan fingerprint density at radius 1 is 1.25 bits per heavy atom. The maximum absolute atomic E-state index is 13.2. The van der Waals surface area contributed by atoms with Crippen LogP contribution in [0.25, 0.3) is 0 Å². The van der Waals surface area contributed by atoms with Crippen molar-refractivity contribution in [3.05, 3.63) is 35.6 Å². The molecule has 1 aromatic carbocycles. The number of halogens is 4. The number of nitrogens with one attached hydrogen (secondary N) is 1. The van der Waals surface area contributed by atoms with Crippen molar-refractivity contribution in [1.82, 2.24) is 5.32 Å². The molecule has 20 heavy (non-hydrogen) atoms. The molecule has 0 aromatic heterocycles. The summed E-state index contributed by atoms with van der Waals surface area (Å²) in [6.45, 7) is -1.56. The van der Waals surface area contributed by atoms with Gasteiger partial charge in [-0.05, 0) is 18.1 Å². The first-order valence-electron chi connectivity index (χ1n) is 6.03. The monoisotopic (exact) mass is 293 g/mol. The Morgan fingerprint density at radius 3 is 2.60 bits per heavy atom. The lowest BCUT2D eigenvalue weighted by atomic mass is 10.1. The standard InChI is InChI=1S/C13H15F4NO2/c14-11-4-2-1-3-10(11)5-6-12(19)18-7-8-20-9-13(15,16)17/h1-4H,5-9H2,(H,18,19). The zero-order valence-electron chi connectivity index (χ0n) is 10.7. The van der Waals surface area contributed by atoms with Crippen LogP contribution in [-0.4, -0.2) is 31.8 Å². The lowest BCUT2D eigenvalue weighted by molar-refractivity contribution is -0.173. The van der Waals surface area contributed by atoms with Gasteiger partial charge in [0.15, 0.2) is 0 Å². The van der Waals surface area contributed by atoms with Gasteiger partial charge in [-0.2, -0.15) is 13.2 Å². The maximum atomic E-state index is 13.2. The number of ether oxygens (including phenoxy) is 1. The van der Waals surface area contributed by atoms with Gasteiger partial charge in [-0.1, -0.05) is 18.2 Å². The first-order chi connectivity index (χ1) is 9.38. The Hall–Kier alpha value is -1.63. The third-order valence-corrected chi connectivity index (χ3v) is 2.41. The Kier molecular flexibility index (Phi) is 6.44. The number of carbonyl (C=O) groups excluding carboxylic acids is 1. The van der Waals surface area contributed by atoms with Gasteiger partial charge in [-0.25, -0.2) is 4.39 Å². The minimum atomic E-state index is -4.37. The third kappa shape index (κ3) is 7.08. The Labute approximate surface area is 113 Å². The van der Waals surface area contributed by atoms with Crippen LogP contribution in [0.1, 0.15) is 12.0 Å². The van der Waals surface area contributed by atoms with Crippen molar-refractivity contribution in [2.24, 2.45) is 0 Å². The van der Waals surface area contributed by atoms with E-state index < -0.39 is 12.8 Å². The number of amides is 1. The van der Waals surface area contributed by atoms with Crippen molar-refractivity contribution in [3.63, 3.8) is 0 Å². The van der Waals surface area contributed by atoms with E-state index >= 15 is 0 Å². The number of alkyl halides is 3. The van der Waals surface area contributed by atoms with Gasteiger partial charge in [-0.15, -0.1) is 0 Å². The van der Waals surface area contributed by atoms with E-state index in [1.807, 2.05) is 0 Å². The molecule has 0 saturated carbocycles. The van der Waals surface area contributed by atoms with Gasteiger partial charge < -0.3 is 10.1 Å². The highest BCUT2D eigenvalue weighted by atomic mass is 19.4. The van der Waals surface area contributed by atoms with Gasteiger partial charge in [0.2, 0.25) is 5.91 Å². The van der Waals surface area contributed by atoms with Crippen LogP contribution in [0.3, 0.4) is 0 Å². The predicted octanol–water partition coefficient (Wildman–Crippen LogP) is 2.45. The van der Waals surface area contributed by atoms with Crippen LogP contribution in [0.15, 0.2) is 24.3 Å². The molecule has 0 bridgehead atoms. The molecule has 0 aliphatic rings. The fourth-order valence-corrected chi connectivity index (χ4v) is 1.49. The van der Waals surface area contributed by atoms with Gasteiger partial charge in [0.1, 0.15) is 12.4 Å². The zero-order valence-corrected chi connectivity index (χ0v) is 10.7.